The molecule has 2 saturated heterocycles. The number of carbonyl (C=O) groups excluding carboxylic acids is 1. The monoisotopic (exact) mass is 396 g/mol. The van der Waals surface area contributed by atoms with E-state index in [-0.39, 0.29) is 12.0 Å². The van der Waals surface area contributed by atoms with Crippen molar-refractivity contribution >= 4 is 11.6 Å². The van der Waals surface area contributed by atoms with E-state index < -0.39 is 0 Å². The van der Waals surface area contributed by atoms with Crippen LogP contribution in [0, 0.1) is 13.8 Å². The van der Waals surface area contributed by atoms with Crippen molar-refractivity contribution in [2.45, 2.75) is 32.8 Å². The molecule has 1 amide bonds. The number of hydrogen-bond donors (Lipinski definition) is 0. The van der Waals surface area contributed by atoms with Crippen molar-refractivity contribution in [2.75, 3.05) is 44.3 Å². The third kappa shape index (κ3) is 4.85. The van der Waals surface area contributed by atoms with Gasteiger partial charge in [-0.05, 0) is 38.1 Å². The SMILES string of the molecule is Cc1cc(OC2CCN(C(=O)c3ccc(N4CCOCC4)cc3)CC2)nc(C)n1. The van der Waals surface area contributed by atoms with E-state index in [1.54, 1.807) is 0 Å². The minimum absolute atomic E-state index is 0.0800. The summed E-state index contributed by atoms with van der Waals surface area (Å²) in [6.07, 6.45) is 1.69. The van der Waals surface area contributed by atoms with Crippen LogP contribution in [0.2, 0.25) is 0 Å². The van der Waals surface area contributed by atoms with Crippen LogP contribution in [-0.4, -0.2) is 66.3 Å². The number of rotatable bonds is 4. The lowest BCUT2D eigenvalue weighted by molar-refractivity contribution is 0.0587. The van der Waals surface area contributed by atoms with Crippen molar-refractivity contribution in [1.29, 1.82) is 0 Å². The van der Waals surface area contributed by atoms with E-state index in [1.807, 2.05) is 49.1 Å². The molecule has 0 N–H and O–H groups in total. The first-order valence-electron chi connectivity index (χ1n) is 10.3. The smallest absolute Gasteiger partial charge is 0.253 e. The molecule has 0 unspecified atom stereocenters. The van der Waals surface area contributed by atoms with Crippen molar-refractivity contribution in [3.63, 3.8) is 0 Å². The van der Waals surface area contributed by atoms with Crippen LogP contribution in [0.4, 0.5) is 5.69 Å². The number of hydrogen-bond acceptors (Lipinski definition) is 6. The second-order valence-corrected chi connectivity index (χ2v) is 7.65. The van der Waals surface area contributed by atoms with E-state index in [9.17, 15) is 4.79 Å². The highest BCUT2D eigenvalue weighted by Gasteiger charge is 2.25. The number of aryl methyl sites for hydroxylation is 2. The summed E-state index contributed by atoms with van der Waals surface area (Å²) in [5, 5.41) is 0. The van der Waals surface area contributed by atoms with Crippen LogP contribution in [0.1, 0.15) is 34.7 Å². The zero-order valence-electron chi connectivity index (χ0n) is 17.1. The summed E-state index contributed by atoms with van der Waals surface area (Å²) in [5.74, 6) is 1.43. The Morgan fingerprint density at radius 1 is 1.03 bits per heavy atom. The fourth-order valence-electron chi connectivity index (χ4n) is 3.91. The number of likely N-dealkylation sites (tertiary alicyclic amines) is 1. The fourth-order valence-corrected chi connectivity index (χ4v) is 3.91. The first-order chi connectivity index (χ1) is 14.1. The highest BCUT2D eigenvalue weighted by molar-refractivity contribution is 5.94. The zero-order chi connectivity index (χ0) is 20.2. The molecule has 2 fully saturated rings. The zero-order valence-corrected chi connectivity index (χ0v) is 17.1. The molecule has 0 aliphatic carbocycles. The predicted molar refractivity (Wildman–Crippen MR) is 111 cm³/mol. The highest BCUT2D eigenvalue weighted by Crippen LogP contribution is 2.21. The topological polar surface area (TPSA) is 67.8 Å². The third-order valence-corrected chi connectivity index (χ3v) is 5.45. The predicted octanol–water partition coefficient (Wildman–Crippen LogP) is 2.61. The van der Waals surface area contributed by atoms with Gasteiger partial charge in [0, 0.05) is 62.0 Å². The standard InChI is InChI=1S/C22H28N4O3/c1-16-15-21(24-17(2)23-16)29-20-7-9-26(10-8-20)22(27)18-3-5-19(6-4-18)25-11-13-28-14-12-25/h3-6,15,20H,7-14H2,1-2H3. The third-order valence-electron chi connectivity index (χ3n) is 5.45. The first-order valence-corrected chi connectivity index (χ1v) is 10.3. The largest absolute Gasteiger partial charge is 0.474 e. The number of piperidine rings is 1. The average Bonchev–Trinajstić information content (AvgIpc) is 2.74. The molecule has 0 radical (unpaired) electrons. The second kappa shape index (κ2) is 8.78. The molecule has 0 spiro atoms. The molecule has 29 heavy (non-hydrogen) atoms. The van der Waals surface area contributed by atoms with Crippen molar-refractivity contribution in [3.05, 3.63) is 47.4 Å². The number of benzene rings is 1. The Morgan fingerprint density at radius 2 is 1.72 bits per heavy atom. The summed E-state index contributed by atoms with van der Waals surface area (Å²) >= 11 is 0. The van der Waals surface area contributed by atoms with Crippen LogP contribution >= 0.6 is 0 Å². The van der Waals surface area contributed by atoms with Gasteiger partial charge in [-0.1, -0.05) is 0 Å². The lowest BCUT2D eigenvalue weighted by atomic mass is 10.1. The van der Waals surface area contributed by atoms with Gasteiger partial charge in [-0.2, -0.15) is 4.98 Å². The van der Waals surface area contributed by atoms with Gasteiger partial charge in [0.15, 0.2) is 0 Å². The summed E-state index contributed by atoms with van der Waals surface area (Å²) in [5.41, 5.74) is 2.79. The maximum absolute atomic E-state index is 12.9. The Kier molecular flexibility index (Phi) is 5.94. The van der Waals surface area contributed by atoms with Crippen molar-refractivity contribution in [1.82, 2.24) is 14.9 Å². The first kappa shape index (κ1) is 19.6. The number of carbonyl (C=O) groups is 1. The van der Waals surface area contributed by atoms with Crippen molar-refractivity contribution < 1.29 is 14.3 Å². The quantitative estimate of drug-likeness (QED) is 0.791. The van der Waals surface area contributed by atoms with E-state index in [4.69, 9.17) is 9.47 Å². The van der Waals surface area contributed by atoms with Crippen LogP contribution in [0.5, 0.6) is 5.88 Å². The number of anilines is 1. The minimum atomic E-state index is 0.0800. The molecule has 4 rings (SSSR count). The molecule has 7 heteroatoms. The van der Waals surface area contributed by atoms with Crippen LogP contribution in [0.25, 0.3) is 0 Å². The summed E-state index contributed by atoms with van der Waals surface area (Å²) in [7, 11) is 0. The molecular weight excluding hydrogens is 368 g/mol. The van der Waals surface area contributed by atoms with E-state index in [1.165, 1.54) is 0 Å². The van der Waals surface area contributed by atoms with Crippen LogP contribution in [0.3, 0.4) is 0 Å². The Balaban J connectivity index is 1.31. The number of morpholine rings is 1. The van der Waals surface area contributed by atoms with Gasteiger partial charge in [-0.25, -0.2) is 4.98 Å². The van der Waals surface area contributed by atoms with Gasteiger partial charge >= 0.3 is 0 Å². The second-order valence-electron chi connectivity index (χ2n) is 7.65. The average molecular weight is 396 g/mol. The Labute approximate surface area is 171 Å². The lowest BCUT2D eigenvalue weighted by Crippen LogP contribution is -2.42. The fraction of sp³-hybridized carbons (Fsp3) is 0.500. The van der Waals surface area contributed by atoms with Gasteiger partial charge in [0.1, 0.15) is 11.9 Å². The van der Waals surface area contributed by atoms with Crippen LogP contribution < -0.4 is 9.64 Å². The van der Waals surface area contributed by atoms with Gasteiger partial charge in [0.05, 0.1) is 13.2 Å². The van der Waals surface area contributed by atoms with E-state index in [2.05, 4.69) is 14.9 Å². The molecule has 154 valence electrons. The molecule has 0 bridgehead atoms. The van der Waals surface area contributed by atoms with Gasteiger partial charge in [-0.3, -0.25) is 4.79 Å². The van der Waals surface area contributed by atoms with E-state index in [0.717, 1.165) is 56.1 Å². The Morgan fingerprint density at radius 3 is 2.38 bits per heavy atom. The Bertz CT molecular complexity index is 821. The minimum Gasteiger partial charge on any atom is -0.474 e. The molecule has 3 heterocycles. The molecule has 0 saturated carbocycles. The maximum Gasteiger partial charge on any atom is 0.253 e. The van der Waals surface area contributed by atoms with E-state index >= 15 is 0 Å². The molecule has 1 aromatic heterocycles. The summed E-state index contributed by atoms with van der Waals surface area (Å²) < 4.78 is 11.4. The number of aromatic nitrogens is 2. The maximum atomic E-state index is 12.9. The van der Waals surface area contributed by atoms with Gasteiger partial charge in [0.25, 0.3) is 5.91 Å². The van der Waals surface area contributed by atoms with Crippen LogP contribution in [0.15, 0.2) is 30.3 Å². The number of nitrogens with zero attached hydrogens (tertiary/aromatic N) is 4. The number of amides is 1. The highest BCUT2D eigenvalue weighted by atomic mass is 16.5. The van der Waals surface area contributed by atoms with E-state index in [0.29, 0.717) is 24.8 Å². The molecule has 1 aromatic carbocycles. The molecule has 0 atom stereocenters. The summed E-state index contributed by atoms with van der Waals surface area (Å²) in [6, 6.07) is 9.80. The summed E-state index contributed by atoms with van der Waals surface area (Å²) in [4.78, 5) is 25.7. The van der Waals surface area contributed by atoms with Gasteiger partial charge in [-0.15, -0.1) is 0 Å². The lowest BCUT2D eigenvalue weighted by Gasteiger charge is -2.32. The normalized spacial score (nSPS) is 18.0. The molecule has 2 aliphatic heterocycles. The van der Waals surface area contributed by atoms with Crippen LogP contribution in [-0.2, 0) is 4.74 Å². The van der Waals surface area contributed by atoms with Gasteiger partial charge in [0.2, 0.25) is 5.88 Å². The Hall–Kier alpha value is -2.67. The molecule has 7 nitrogen and oxygen atoms in total. The van der Waals surface area contributed by atoms with Gasteiger partial charge < -0.3 is 19.3 Å². The molecule has 2 aliphatic rings. The summed E-state index contributed by atoms with van der Waals surface area (Å²) in [6.45, 7) is 8.49. The number of ether oxygens (including phenoxy) is 2. The molecular formula is C22H28N4O3. The van der Waals surface area contributed by atoms with Crippen molar-refractivity contribution in [3.8, 4) is 5.88 Å². The van der Waals surface area contributed by atoms with Crippen molar-refractivity contribution in [2.24, 2.45) is 0 Å². The molecule has 2 aromatic rings.